The van der Waals surface area contributed by atoms with Gasteiger partial charge < -0.3 is 10.6 Å². The molecule has 0 aromatic carbocycles. The van der Waals surface area contributed by atoms with Gasteiger partial charge in [0.25, 0.3) is 5.91 Å². The molecule has 0 saturated carbocycles. The van der Waals surface area contributed by atoms with Gasteiger partial charge in [-0.3, -0.25) is 4.79 Å². The molecular weight excluding hydrogens is 310 g/mol. The molecule has 1 fully saturated rings. The fourth-order valence-corrected chi connectivity index (χ4v) is 3.86. The van der Waals surface area contributed by atoms with Gasteiger partial charge in [0.2, 0.25) is 10.0 Å². The molecule has 118 valence electrons. The van der Waals surface area contributed by atoms with E-state index in [1.54, 1.807) is 6.07 Å². The van der Waals surface area contributed by atoms with Crippen LogP contribution in [0.4, 0.5) is 5.69 Å². The number of sulfonamides is 1. The number of carbonyl (C=O) groups excluding carboxylic acids is 1. The SMILES string of the molecule is CS(=O)(=O)NCCC1CCCCN1C(=O)c1sccc1N. The van der Waals surface area contributed by atoms with Crippen molar-refractivity contribution in [2.45, 2.75) is 31.7 Å². The number of hydrogen-bond donors (Lipinski definition) is 2. The molecule has 1 aromatic heterocycles. The zero-order valence-corrected chi connectivity index (χ0v) is 13.7. The van der Waals surface area contributed by atoms with E-state index in [1.165, 1.54) is 11.3 Å². The Morgan fingerprint density at radius 2 is 2.29 bits per heavy atom. The van der Waals surface area contributed by atoms with Crippen LogP contribution >= 0.6 is 11.3 Å². The van der Waals surface area contributed by atoms with Crippen LogP contribution in [0, 0.1) is 0 Å². The molecule has 1 aliphatic heterocycles. The third-order valence-electron chi connectivity index (χ3n) is 3.62. The van der Waals surface area contributed by atoms with Gasteiger partial charge >= 0.3 is 0 Å². The van der Waals surface area contributed by atoms with Crippen LogP contribution in [-0.2, 0) is 10.0 Å². The number of rotatable bonds is 5. The van der Waals surface area contributed by atoms with Gasteiger partial charge in [-0.2, -0.15) is 0 Å². The molecule has 1 atom stereocenters. The predicted molar refractivity (Wildman–Crippen MR) is 84.9 cm³/mol. The molecule has 1 saturated heterocycles. The lowest BCUT2D eigenvalue weighted by molar-refractivity contribution is 0.0610. The molecular formula is C13H21N3O3S2. The van der Waals surface area contributed by atoms with Crippen LogP contribution in [0.3, 0.4) is 0 Å². The standard InChI is InChI=1S/C13H21N3O3S2/c1-21(18,19)15-7-5-10-4-2-3-8-16(10)13(17)12-11(14)6-9-20-12/h6,9-10,15H,2-5,7-8,14H2,1H3. The van der Waals surface area contributed by atoms with Crippen molar-refractivity contribution in [1.82, 2.24) is 9.62 Å². The van der Waals surface area contributed by atoms with Crippen molar-refractivity contribution in [3.8, 4) is 0 Å². The highest BCUT2D eigenvalue weighted by Gasteiger charge is 2.28. The second-order valence-electron chi connectivity index (χ2n) is 5.31. The summed E-state index contributed by atoms with van der Waals surface area (Å²) >= 11 is 1.35. The lowest BCUT2D eigenvalue weighted by Gasteiger charge is -2.35. The number of thiophene rings is 1. The highest BCUT2D eigenvalue weighted by molar-refractivity contribution is 7.88. The van der Waals surface area contributed by atoms with Crippen LogP contribution in [0.25, 0.3) is 0 Å². The van der Waals surface area contributed by atoms with Gasteiger partial charge in [-0.1, -0.05) is 0 Å². The van der Waals surface area contributed by atoms with Crippen molar-refractivity contribution in [3.05, 3.63) is 16.3 Å². The number of anilines is 1. The minimum atomic E-state index is -3.18. The minimum absolute atomic E-state index is 0.0356. The molecule has 6 nitrogen and oxygen atoms in total. The average molecular weight is 331 g/mol. The van der Waals surface area contributed by atoms with E-state index < -0.39 is 10.0 Å². The maximum Gasteiger partial charge on any atom is 0.266 e. The van der Waals surface area contributed by atoms with E-state index in [1.807, 2.05) is 10.3 Å². The largest absolute Gasteiger partial charge is 0.397 e. The van der Waals surface area contributed by atoms with Gasteiger partial charge in [0.05, 0.1) is 11.9 Å². The summed E-state index contributed by atoms with van der Waals surface area (Å²) in [5.74, 6) is -0.0356. The summed E-state index contributed by atoms with van der Waals surface area (Å²) in [6.07, 6.45) is 4.72. The summed E-state index contributed by atoms with van der Waals surface area (Å²) in [5, 5.41) is 1.81. The van der Waals surface area contributed by atoms with E-state index >= 15 is 0 Å². The molecule has 1 amide bonds. The Morgan fingerprint density at radius 3 is 2.90 bits per heavy atom. The fourth-order valence-electron chi connectivity index (χ4n) is 2.60. The number of nitrogens with two attached hydrogens (primary N) is 1. The van der Waals surface area contributed by atoms with Crippen LogP contribution in [0.15, 0.2) is 11.4 Å². The van der Waals surface area contributed by atoms with Crippen molar-refractivity contribution >= 4 is 33.0 Å². The van der Waals surface area contributed by atoms with Crippen LogP contribution < -0.4 is 10.5 Å². The van der Waals surface area contributed by atoms with Crippen molar-refractivity contribution in [3.63, 3.8) is 0 Å². The summed E-state index contributed by atoms with van der Waals surface area (Å²) < 4.78 is 24.7. The van der Waals surface area contributed by atoms with E-state index in [0.29, 0.717) is 30.1 Å². The average Bonchev–Trinajstić information content (AvgIpc) is 2.83. The maximum absolute atomic E-state index is 12.6. The molecule has 21 heavy (non-hydrogen) atoms. The number of piperidine rings is 1. The Balaban J connectivity index is 2.02. The van der Waals surface area contributed by atoms with Crippen molar-refractivity contribution in [2.75, 3.05) is 25.1 Å². The van der Waals surface area contributed by atoms with Crippen LogP contribution in [0.1, 0.15) is 35.4 Å². The smallest absolute Gasteiger partial charge is 0.266 e. The Labute approximate surface area is 129 Å². The monoisotopic (exact) mass is 331 g/mol. The number of amides is 1. The number of likely N-dealkylation sites (tertiary alicyclic amines) is 1. The van der Waals surface area contributed by atoms with Crippen LogP contribution in [-0.4, -0.2) is 44.6 Å². The molecule has 2 rings (SSSR count). The molecule has 1 unspecified atom stereocenters. The van der Waals surface area contributed by atoms with Crippen LogP contribution in [0.5, 0.6) is 0 Å². The highest BCUT2D eigenvalue weighted by atomic mass is 32.2. The van der Waals surface area contributed by atoms with E-state index in [0.717, 1.165) is 25.5 Å². The molecule has 2 heterocycles. The third-order valence-corrected chi connectivity index (χ3v) is 5.27. The Kier molecular flexibility index (Phi) is 5.23. The number of nitrogens with one attached hydrogen (secondary N) is 1. The molecule has 0 bridgehead atoms. The zero-order chi connectivity index (χ0) is 15.5. The number of nitrogen functional groups attached to an aromatic ring is 1. The van der Waals surface area contributed by atoms with Crippen molar-refractivity contribution in [2.24, 2.45) is 0 Å². The van der Waals surface area contributed by atoms with Gasteiger partial charge in [-0.05, 0) is 37.1 Å². The summed E-state index contributed by atoms with van der Waals surface area (Å²) in [7, 11) is -3.18. The number of carbonyl (C=O) groups is 1. The second-order valence-corrected chi connectivity index (χ2v) is 8.06. The normalized spacial score (nSPS) is 19.7. The summed E-state index contributed by atoms with van der Waals surface area (Å²) in [6.45, 7) is 1.06. The van der Waals surface area contributed by atoms with Crippen molar-refractivity contribution < 1.29 is 13.2 Å². The van der Waals surface area contributed by atoms with Crippen LogP contribution in [0.2, 0.25) is 0 Å². The number of nitrogens with zero attached hydrogens (tertiary/aromatic N) is 1. The predicted octanol–water partition coefficient (Wildman–Crippen LogP) is 1.26. The first-order valence-corrected chi connectivity index (χ1v) is 9.74. The minimum Gasteiger partial charge on any atom is -0.397 e. The Morgan fingerprint density at radius 1 is 1.52 bits per heavy atom. The molecule has 0 aliphatic carbocycles. The Bertz CT molecular complexity index is 598. The fraction of sp³-hybridized carbons (Fsp3) is 0.615. The van der Waals surface area contributed by atoms with Gasteiger partial charge in [-0.25, -0.2) is 13.1 Å². The second kappa shape index (κ2) is 6.76. The van der Waals surface area contributed by atoms with Gasteiger partial charge in [0.15, 0.2) is 0 Å². The summed E-state index contributed by atoms with van der Waals surface area (Å²) in [5.41, 5.74) is 6.34. The highest BCUT2D eigenvalue weighted by Crippen LogP contribution is 2.26. The molecule has 0 radical (unpaired) electrons. The lowest BCUT2D eigenvalue weighted by atomic mass is 9.99. The Hall–Kier alpha value is -1.12. The molecule has 1 aliphatic rings. The first kappa shape index (κ1) is 16.3. The maximum atomic E-state index is 12.6. The van der Waals surface area contributed by atoms with E-state index in [-0.39, 0.29) is 11.9 Å². The summed E-state index contributed by atoms with van der Waals surface area (Å²) in [6, 6.07) is 1.81. The first-order chi connectivity index (χ1) is 9.88. The molecule has 3 N–H and O–H groups in total. The van der Waals surface area contributed by atoms with Gasteiger partial charge in [0, 0.05) is 19.1 Å². The third kappa shape index (κ3) is 4.42. The zero-order valence-electron chi connectivity index (χ0n) is 12.0. The van der Waals surface area contributed by atoms with E-state index in [4.69, 9.17) is 5.73 Å². The topological polar surface area (TPSA) is 92.5 Å². The van der Waals surface area contributed by atoms with E-state index in [9.17, 15) is 13.2 Å². The number of hydrogen-bond acceptors (Lipinski definition) is 5. The quantitative estimate of drug-likeness (QED) is 0.849. The van der Waals surface area contributed by atoms with Gasteiger partial charge in [-0.15, -0.1) is 11.3 Å². The van der Waals surface area contributed by atoms with Crippen molar-refractivity contribution in [1.29, 1.82) is 0 Å². The van der Waals surface area contributed by atoms with E-state index in [2.05, 4.69) is 4.72 Å². The van der Waals surface area contributed by atoms with Gasteiger partial charge in [0.1, 0.15) is 4.88 Å². The molecule has 0 spiro atoms. The lowest BCUT2D eigenvalue weighted by Crippen LogP contribution is -2.45. The summed E-state index contributed by atoms with van der Waals surface area (Å²) in [4.78, 5) is 15.0. The first-order valence-electron chi connectivity index (χ1n) is 6.97. The molecule has 1 aromatic rings. The molecule has 8 heteroatoms.